The number of carbonyl (C=O) groups is 3. The molecule has 2 aliphatic rings. The van der Waals surface area contributed by atoms with Crippen molar-refractivity contribution >= 4 is 29.6 Å². The van der Waals surface area contributed by atoms with Crippen LogP contribution in [0.25, 0.3) is 17.2 Å². The maximum atomic E-state index is 13.1. The first-order chi connectivity index (χ1) is 15.0. The van der Waals surface area contributed by atoms with Crippen molar-refractivity contribution in [3.63, 3.8) is 0 Å². The van der Waals surface area contributed by atoms with Crippen molar-refractivity contribution in [2.24, 2.45) is 0 Å². The van der Waals surface area contributed by atoms with Crippen LogP contribution in [0.5, 0.6) is 5.75 Å². The van der Waals surface area contributed by atoms with Crippen molar-refractivity contribution in [1.29, 1.82) is 0 Å². The van der Waals surface area contributed by atoms with Gasteiger partial charge < -0.3 is 4.74 Å². The van der Waals surface area contributed by atoms with Crippen molar-refractivity contribution in [3.05, 3.63) is 89.0 Å². The molecule has 1 aliphatic heterocycles. The number of carbonyl (C=O) groups excluding carboxylic acids is 3. The van der Waals surface area contributed by atoms with Crippen LogP contribution in [0, 0.1) is 0 Å². The molecule has 3 aromatic rings. The van der Waals surface area contributed by atoms with Gasteiger partial charge in [0.1, 0.15) is 11.3 Å². The molecule has 1 fully saturated rings. The van der Waals surface area contributed by atoms with Crippen LogP contribution in [0.2, 0.25) is 0 Å². The van der Waals surface area contributed by atoms with E-state index in [1.54, 1.807) is 24.3 Å². The Kier molecular flexibility index (Phi) is 4.40. The normalized spacial score (nSPS) is 16.2. The Morgan fingerprint density at radius 2 is 1.71 bits per heavy atom. The number of urea groups is 1. The molecule has 6 nitrogen and oxygen atoms in total. The zero-order valence-corrected chi connectivity index (χ0v) is 16.7. The van der Waals surface area contributed by atoms with E-state index in [-0.39, 0.29) is 5.57 Å². The van der Waals surface area contributed by atoms with E-state index in [0.717, 1.165) is 22.4 Å². The van der Waals surface area contributed by atoms with Gasteiger partial charge in [-0.25, -0.2) is 9.69 Å². The highest BCUT2D eigenvalue weighted by molar-refractivity contribution is 6.39. The van der Waals surface area contributed by atoms with Gasteiger partial charge in [-0.15, -0.1) is 0 Å². The molecule has 0 radical (unpaired) electrons. The van der Waals surface area contributed by atoms with E-state index in [1.807, 2.05) is 30.3 Å². The lowest BCUT2D eigenvalue weighted by molar-refractivity contribution is -0.122. The fourth-order valence-corrected chi connectivity index (χ4v) is 4.04. The number of hydrogen-bond acceptors (Lipinski definition) is 4. The number of fused-ring (bicyclic) bond motifs is 3. The fraction of sp³-hybridized carbons (Fsp3) is 0.0800. The molecule has 1 heterocycles. The van der Waals surface area contributed by atoms with Crippen LogP contribution in [0.1, 0.15) is 16.7 Å². The Balaban J connectivity index is 1.53. The maximum absolute atomic E-state index is 13.1. The molecule has 0 bridgehead atoms. The van der Waals surface area contributed by atoms with Gasteiger partial charge in [0.05, 0.1) is 12.8 Å². The lowest BCUT2D eigenvalue weighted by Gasteiger charge is -2.26. The monoisotopic (exact) mass is 410 g/mol. The van der Waals surface area contributed by atoms with Gasteiger partial charge in [-0.2, -0.15) is 0 Å². The Morgan fingerprint density at radius 1 is 0.903 bits per heavy atom. The van der Waals surface area contributed by atoms with Gasteiger partial charge in [-0.1, -0.05) is 42.5 Å². The third-order valence-corrected chi connectivity index (χ3v) is 5.55. The largest absolute Gasteiger partial charge is 0.497 e. The highest BCUT2D eigenvalue weighted by Crippen LogP contribution is 2.37. The minimum atomic E-state index is -0.789. The quantitative estimate of drug-likeness (QED) is 0.410. The highest BCUT2D eigenvalue weighted by atomic mass is 16.5. The van der Waals surface area contributed by atoms with Crippen LogP contribution in [-0.2, 0) is 16.0 Å². The van der Waals surface area contributed by atoms with Crippen LogP contribution in [0.3, 0.4) is 0 Å². The summed E-state index contributed by atoms with van der Waals surface area (Å²) in [6.45, 7) is 0. The number of amides is 4. The molecule has 0 aromatic heterocycles. The van der Waals surface area contributed by atoms with E-state index >= 15 is 0 Å². The summed E-state index contributed by atoms with van der Waals surface area (Å²) in [4.78, 5) is 38.9. The van der Waals surface area contributed by atoms with Crippen molar-refractivity contribution < 1.29 is 19.1 Å². The number of barbiturate groups is 1. The minimum Gasteiger partial charge on any atom is -0.497 e. The summed E-state index contributed by atoms with van der Waals surface area (Å²) in [5, 5.41) is 2.25. The lowest BCUT2D eigenvalue weighted by Crippen LogP contribution is -2.54. The summed E-state index contributed by atoms with van der Waals surface area (Å²) in [6, 6.07) is 19.8. The predicted molar refractivity (Wildman–Crippen MR) is 117 cm³/mol. The van der Waals surface area contributed by atoms with E-state index in [9.17, 15) is 14.4 Å². The Bertz CT molecular complexity index is 1290. The van der Waals surface area contributed by atoms with Gasteiger partial charge in [0.25, 0.3) is 11.8 Å². The summed E-state index contributed by atoms with van der Waals surface area (Å²) in [5.41, 5.74) is 5.64. The van der Waals surface area contributed by atoms with Crippen LogP contribution in [0.15, 0.2) is 72.3 Å². The minimum absolute atomic E-state index is 0.103. The van der Waals surface area contributed by atoms with E-state index in [0.29, 0.717) is 17.0 Å². The van der Waals surface area contributed by atoms with Crippen molar-refractivity contribution in [3.8, 4) is 16.9 Å². The predicted octanol–water partition coefficient (Wildman–Crippen LogP) is 3.93. The Labute approximate surface area is 178 Å². The molecule has 1 N–H and O–H groups in total. The number of rotatable bonds is 3. The van der Waals surface area contributed by atoms with Crippen molar-refractivity contribution in [2.75, 3.05) is 12.0 Å². The number of anilines is 1. The van der Waals surface area contributed by atoms with E-state index in [1.165, 1.54) is 24.3 Å². The van der Waals surface area contributed by atoms with E-state index in [4.69, 9.17) is 4.74 Å². The molecule has 152 valence electrons. The van der Waals surface area contributed by atoms with E-state index in [2.05, 4.69) is 17.4 Å². The smallest absolute Gasteiger partial charge is 0.335 e. The zero-order valence-electron chi connectivity index (χ0n) is 16.7. The number of hydrogen-bond donors (Lipinski definition) is 1. The molecular weight excluding hydrogens is 392 g/mol. The number of nitrogens with one attached hydrogen (secondary N) is 1. The molecule has 5 rings (SSSR count). The average molecular weight is 410 g/mol. The molecule has 0 unspecified atom stereocenters. The Hall–Kier alpha value is -4.19. The number of imide groups is 2. The average Bonchev–Trinajstić information content (AvgIpc) is 3.14. The second-order valence-corrected chi connectivity index (χ2v) is 7.41. The molecular formula is C25H18N2O4. The van der Waals surface area contributed by atoms with Crippen molar-refractivity contribution in [1.82, 2.24) is 5.32 Å². The second kappa shape index (κ2) is 7.25. The first kappa shape index (κ1) is 18.8. The molecule has 1 aliphatic carbocycles. The topological polar surface area (TPSA) is 75.7 Å². The summed E-state index contributed by atoms with van der Waals surface area (Å²) < 4.78 is 5.18. The molecule has 31 heavy (non-hydrogen) atoms. The second-order valence-electron chi connectivity index (χ2n) is 7.41. The fourth-order valence-electron chi connectivity index (χ4n) is 4.04. The van der Waals surface area contributed by atoms with E-state index < -0.39 is 17.8 Å². The third-order valence-electron chi connectivity index (χ3n) is 5.55. The molecule has 1 saturated heterocycles. The van der Waals surface area contributed by atoms with Gasteiger partial charge in [-0.05, 0) is 58.5 Å². The lowest BCUT2D eigenvalue weighted by atomic mass is 10.0. The zero-order chi connectivity index (χ0) is 21.5. The van der Waals surface area contributed by atoms with Crippen LogP contribution >= 0.6 is 0 Å². The first-order valence-corrected chi connectivity index (χ1v) is 9.82. The van der Waals surface area contributed by atoms with Crippen molar-refractivity contribution in [2.45, 2.75) is 6.42 Å². The van der Waals surface area contributed by atoms with Gasteiger partial charge in [0.2, 0.25) is 0 Å². The molecule has 0 spiro atoms. The first-order valence-electron chi connectivity index (χ1n) is 9.82. The molecule has 6 heteroatoms. The van der Waals surface area contributed by atoms with Gasteiger partial charge in [-0.3, -0.25) is 14.9 Å². The number of benzene rings is 3. The SMILES string of the molecule is COc1cccc(N2C(=O)NC(=O)/C(=C\c3ccc4c(c3)-c3ccccc3C4)C2=O)c1. The molecule has 0 atom stereocenters. The summed E-state index contributed by atoms with van der Waals surface area (Å²) in [5.74, 6) is -0.893. The van der Waals surface area contributed by atoms with Gasteiger partial charge in [0.15, 0.2) is 0 Å². The van der Waals surface area contributed by atoms with Crippen LogP contribution < -0.4 is 15.0 Å². The molecule has 4 amide bonds. The number of ether oxygens (including phenoxy) is 1. The van der Waals surface area contributed by atoms with Crippen LogP contribution in [0.4, 0.5) is 10.5 Å². The standard InChI is InChI=1S/C25H18N2O4/c1-31-19-7-4-6-18(14-19)27-24(29)22(23(28)26-25(27)30)12-15-9-10-17-13-16-5-2-3-8-20(16)21(17)11-15/h2-12,14H,13H2,1H3,(H,26,28,30)/b22-12+. The Morgan fingerprint density at radius 3 is 2.55 bits per heavy atom. The number of nitrogens with zero attached hydrogens (tertiary/aromatic N) is 1. The molecule has 0 saturated carbocycles. The third kappa shape index (κ3) is 3.18. The summed E-state index contributed by atoms with van der Waals surface area (Å²) in [6.07, 6.45) is 2.39. The molecule has 3 aromatic carbocycles. The van der Waals surface area contributed by atoms with Crippen LogP contribution in [-0.4, -0.2) is 25.0 Å². The van der Waals surface area contributed by atoms with Gasteiger partial charge >= 0.3 is 6.03 Å². The summed E-state index contributed by atoms with van der Waals surface area (Å²) >= 11 is 0. The number of methoxy groups -OCH3 is 1. The maximum Gasteiger partial charge on any atom is 0.335 e. The van der Waals surface area contributed by atoms with Gasteiger partial charge in [0, 0.05) is 6.07 Å². The highest BCUT2D eigenvalue weighted by Gasteiger charge is 2.37. The summed E-state index contributed by atoms with van der Waals surface area (Å²) in [7, 11) is 1.50.